The number of amides is 1. The van der Waals surface area contributed by atoms with Gasteiger partial charge in [-0.2, -0.15) is 0 Å². The zero-order valence-corrected chi connectivity index (χ0v) is 18.6. The third kappa shape index (κ3) is 4.08. The molecule has 0 bridgehead atoms. The van der Waals surface area contributed by atoms with Gasteiger partial charge in [0.1, 0.15) is 0 Å². The van der Waals surface area contributed by atoms with E-state index in [2.05, 4.69) is 32.2 Å². The molecule has 0 radical (unpaired) electrons. The van der Waals surface area contributed by atoms with Gasteiger partial charge in [0.2, 0.25) is 5.91 Å². The molecule has 0 spiro atoms. The number of hydrogen-bond acceptors (Lipinski definition) is 4. The zero-order chi connectivity index (χ0) is 23.1. The number of anilines is 1. The van der Waals surface area contributed by atoms with Gasteiger partial charge in [0.25, 0.3) is 0 Å². The number of benzene rings is 3. The Morgan fingerprint density at radius 2 is 1.62 bits per heavy atom. The third-order valence-electron chi connectivity index (χ3n) is 6.25. The van der Waals surface area contributed by atoms with Gasteiger partial charge >= 0.3 is 0 Å². The van der Waals surface area contributed by atoms with Crippen molar-refractivity contribution in [1.29, 1.82) is 0 Å². The topological polar surface area (TPSA) is 89.8 Å². The van der Waals surface area contributed by atoms with Crippen LogP contribution in [0.4, 0.5) is 5.69 Å². The lowest BCUT2D eigenvalue weighted by Crippen LogP contribution is -2.28. The molecule has 5 heteroatoms. The molecule has 1 fully saturated rings. The standard InChI is InChI=1S/C27H29NO4/c1-26(2,3)22-10-9-20(15-21(22)18-6-4-17(16-29)5-7-18)28-25(32)27(12-13-27)19-8-11-23(30)24(31)14-19/h4-11,14-15,29-31H,12-13,16H2,1-3H3,(H,28,32). The van der Waals surface area contributed by atoms with Gasteiger partial charge in [-0.05, 0) is 70.3 Å². The maximum atomic E-state index is 13.2. The summed E-state index contributed by atoms with van der Waals surface area (Å²) in [6.07, 6.45) is 1.39. The lowest BCUT2D eigenvalue weighted by Gasteiger charge is -2.24. The summed E-state index contributed by atoms with van der Waals surface area (Å²) in [7, 11) is 0. The fraction of sp³-hybridized carbons (Fsp3) is 0.296. The lowest BCUT2D eigenvalue weighted by molar-refractivity contribution is -0.118. The van der Waals surface area contributed by atoms with Crippen molar-refractivity contribution in [2.24, 2.45) is 0 Å². The Hall–Kier alpha value is -3.31. The van der Waals surface area contributed by atoms with E-state index in [0.717, 1.165) is 22.3 Å². The fourth-order valence-electron chi connectivity index (χ4n) is 4.15. The summed E-state index contributed by atoms with van der Waals surface area (Å²) in [4.78, 5) is 13.2. The Bertz CT molecular complexity index is 1160. The van der Waals surface area contributed by atoms with Gasteiger partial charge in [0.05, 0.1) is 12.0 Å². The van der Waals surface area contributed by atoms with Crippen molar-refractivity contribution in [3.63, 3.8) is 0 Å². The van der Waals surface area contributed by atoms with Gasteiger partial charge < -0.3 is 20.6 Å². The minimum Gasteiger partial charge on any atom is -0.504 e. The highest BCUT2D eigenvalue weighted by Crippen LogP contribution is 2.50. The number of aromatic hydroxyl groups is 2. The van der Waals surface area contributed by atoms with Crippen LogP contribution in [-0.4, -0.2) is 21.2 Å². The first-order valence-corrected chi connectivity index (χ1v) is 10.8. The largest absolute Gasteiger partial charge is 0.504 e. The molecule has 4 N–H and O–H groups in total. The van der Waals surface area contributed by atoms with Crippen LogP contribution in [0.3, 0.4) is 0 Å². The van der Waals surface area contributed by atoms with Gasteiger partial charge in [-0.25, -0.2) is 0 Å². The maximum absolute atomic E-state index is 13.2. The highest BCUT2D eigenvalue weighted by molar-refractivity contribution is 6.02. The minimum atomic E-state index is -0.684. The Morgan fingerprint density at radius 1 is 0.938 bits per heavy atom. The van der Waals surface area contributed by atoms with E-state index in [1.54, 1.807) is 6.07 Å². The number of hydrogen-bond donors (Lipinski definition) is 4. The van der Waals surface area contributed by atoms with Gasteiger partial charge in [-0.15, -0.1) is 0 Å². The highest BCUT2D eigenvalue weighted by atomic mass is 16.3. The molecule has 0 aromatic heterocycles. The highest BCUT2D eigenvalue weighted by Gasteiger charge is 2.51. The number of carbonyl (C=O) groups is 1. The summed E-state index contributed by atoms with van der Waals surface area (Å²) in [5.41, 5.74) is 4.71. The van der Waals surface area contributed by atoms with Crippen LogP contribution in [0.15, 0.2) is 60.7 Å². The van der Waals surface area contributed by atoms with Crippen LogP contribution < -0.4 is 5.32 Å². The molecular weight excluding hydrogens is 402 g/mol. The molecule has 166 valence electrons. The van der Waals surface area contributed by atoms with Crippen molar-refractivity contribution in [2.75, 3.05) is 5.32 Å². The van der Waals surface area contributed by atoms with Crippen LogP contribution in [0.2, 0.25) is 0 Å². The van der Waals surface area contributed by atoms with Crippen LogP contribution in [0.25, 0.3) is 11.1 Å². The average molecular weight is 432 g/mol. The van der Waals surface area contributed by atoms with Crippen LogP contribution in [0.1, 0.15) is 50.3 Å². The molecule has 1 saturated carbocycles. The third-order valence-corrected chi connectivity index (χ3v) is 6.25. The summed E-state index contributed by atoms with van der Waals surface area (Å²) in [6, 6.07) is 18.4. The Kier molecular flexibility index (Phi) is 5.47. The predicted molar refractivity (Wildman–Crippen MR) is 126 cm³/mol. The number of carbonyl (C=O) groups excluding carboxylic acids is 1. The van der Waals surface area contributed by atoms with Crippen LogP contribution in [0.5, 0.6) is 11.5 Å². The van der Waals surface area contributed by atoms with Crippen LogP contribution in [-0.2, 0) is 22.2 Å². The molecule has 1 aliphatic carbocycles. The van der Waals surface area contributed by atoms with E-state index >= 15 is 0 Å². The Labute approximate surface area is 188 Å². The molecule has 1 amide bonds. The lowest BCUT2D eigenvalue weighted by atomic mass is 9.81. The second kappa shape index (κ2) is 7.99. The average Bonchev–Trinajstić information content (AvgIpc) is 3.57. The molecule has 0 unspecified atom stereocenters. The molecule has 5 nitrogen and oxygen atoms in total. The number of phenols is 2. The first kappa shape index (κ1) is 21.9. The molecule has 32 heavy (non-hydrogen) atoms. The molecule has 0 aliphatic heterocycles. The SMILES string of the molecule is CC(C)(C)c1ccc(NC(=O)C2(c3ccc(O)c(O)c3)CC2)cc1-c1ccc(CO)cc1. The number of nitrogens with one attached hydrogen (secondary N) is 1. The van der Waals surface area contributed by atoms with Crippen molar-refractivity contribution < 1.29 is 20.1 Å². The summed E-state index contributed by atoms with van der Waals surface area (Å²) in [6.45, 7) is 6.46. The number of aliphatic hydroxyl groups excluding tert-OH is 1. The zero-order valence-electron chi connectivity index (χ0n) is 18.6. The minimum absolute atomic E-state index is 0.00258. The van der Waals surface area contributed by atoms with Crippen LogP contribution in [0, 0.1) is 0 Å². The molecular formula is C27H29NO4. The summed E-state index contributed by atoms with van der Waals surface area (Å²) in [5.74, 6) is -0.531. The maximum Gasteiger partial charge on any atom is 0.235 e. The predicted octanol–water partition coefficient (Wildman–Crippen LogP) is 5.22. The molecule has 0 saturated heterocycles. The van der Waals surface area contributed by atoms with Gasteiger partial charge in [0, 0.05) is 5.69 Å². The number of rotatable bonds is 5. The van der Waals surface area contributed by atoms with Crippen molar-refractivity contribution in [3.05, 3.63) is 77.4 Å². The van der Waals surface area contributed by atoms with Crippen molar-refractivity contribution in [1.82, 2.24) is 0 Å². The van der Waals surface area contributed by atoms with E-state index in [4.69, 9.17) is 0 Å². The first-order valence-electron chi connectivity index (χ1n) is 10.8. The van der Waals surface area contributed by atoms with Crippen LogP contribution >= 0.6 is 0 Å². The second-order valence-electron chi connectivity index (χ2n) is 9.61. The second-order valence-corrected chi connectivity index (χ2v) is 9.61. The van der Waals surface area contributed by atoms with E-state index in [-0.39, 0.29) is 29.4 Å². The molecule has 4 rings (SSSR count). The molecule has 0 atom stereocenters. The summed E-state index contributed by atoms with van der Waals surface area (Å²) >= 11 is 0. The van der Waals surface area contributed by atoms with Gasteiger partial charge in [-0.1, -0.05) is 57.2 Å². The van der Waals surface area contributed by atoms with E-state index in [1.807, 2.05) is 36.4 Å². The van der Waals surface area contributed by atoms with Crippen molar-refractivity contribution in [3.8, 4) is 22.6 Å². The normalized spacial score (nSPS) is 14.8. The van der Waals surface area contributed by atoms with Gasteiger partial charge in [0.15, 0.2) is 11.5 Å². The number of aliphatic hydroxyl groups is 1. The van der Waals surface area contributed by atoms with E-state index in [9.17, 15) is 20.1 Å². The van der Waals surface area contributed by atoms with Gasteiger partial charge in [-0.3, -0.25) is 4.79 Å². The molecule has 1 aliphatic rings. The van der Waals surface area contributed by atoms with Crippen molar-refractivity contribution in [2.45, 2.75) is 51.0 Å². The smallest absolute Gasteiger partial charge is 0.235 e. The molecule has 3 aromatic carbocycles. The summed E-state index contributed by atoms with van der Waals surface area (Å²) < 4.78 is 0. The quantitative estimate of drug-likeness (QED) is 0.417. The van der Waals surface area contributed by atoms with Crippen molar-refractivity contribution >= 4 is 11.6 Å². The van der Waals surface area contributed by atoms with E-state index < -0.39 is 5.41 Å². The monoisotopic (exact) mass is 431 g/mol. The molecule has 0 heterocycles. The fourth-order valence-corrected chi connectivity index (χ4v) is 4.15. The molecule has 3 aromatic rings. The first-order chi connectivity index (χ1) is 15.1. The summed E-state index contributed by atoms with van der Waals surface area (Å²) in [5, 5.41) is 31.9. The van der Waals surface area contributed by atoms with E-state index in [0.29, 0.717) is 24.1 Å². The number of phenolic OH excluding ortho intramolecular Hbond substituents is 2. The Morgan fingerprint density at radius 3 is 2.19 bits per heavy atom. The van der Waals surface area contributed by atoms with E-state index in [1.165, 1.54) is 12.1 Å². The Balaban J connectivity index is 1.67.